The third kappa shape index (κ3) is 5.25. The Morgan fingerprint density at radius 1 is 1.17 bits per heavy atom. The lowest BCUT2D eigenvalue weighted by atomic mass is 10.2. The molecule has 0 radical (unpaired) electrons. The number of aliphatic imine (C=N–C) groups is 1. The molecule has 0 amide bonds. The maximum absolute atomic E-state index is 13.7. The number of rotatable bonds is 5. The molecule has 0 unspecified atom stereocenters. The second-order valence-corrected chi connectivity index (χ2v) is 5.78. The average Bonchev–Trinajstić information content (AvgIpc) is 2.58. The zero-order valence-electron chi connectivity index (χ0n) is 13.1. The molecule has 2 aromatic carbocycles. The van der Waals surface area contributed by atoms with Crippen molar-refractivity contribution >= 4 is 21.9 Å². The second kappa shape index (κ2) is 8.53. The van der Waals surface area contributed by atoms with Crippen LogP contribution in [-0.4, -0.2) is 20.1 Å². The van der Waals surface area contributed by atoms with Crippen molar-refractivity contribution < 1.29 is 9.13 Å². The Morgan fingerprint density at radius 3 is 2.70 bits per heavy atom. The van der Waals surface area contributed by atoms with Crippen LogP contribution in [0.15, 0.2) is 51.9 Å². The summed E-state index contributed by atoms with van der Waals surface area (Å²) in [5, 5.41) is 6.29. The van der Waals surface area contributed by atoms with Crippen LogP contribution in [0, 0.1) is 5.82 Å². The SMILES string of the molecule is CN=C(NCc1cccc(OC)c1)NCc1cc(Br)ccc1F. The molecule has 4 nitrogen and oxygen atoms in total. The van der Waals surface area contributed by atoms with Crippen LogP contribution in [0.5, 0.6) is 5.75 Å². The molecule has 2 N–H and O–H groups in total. The van der Waals surface area contributed by atoms with E-state index in [9.17, 15) is 4.39 Å². The molecule has 2 rings (SSSR count). The first-order valence-corrected chi connectivity index (χ1v) is 7.93. The predicted molar refractivity (Wildman–Crippen MR) is 94.1 cm³/mol. The standard InChI is InChI=1S/C17H19BrFN3O/c1-20-17(21-10-12-4-3-5-15(8-12)23-2)22-11-13-9-14(18)6-7-16(13)19/h3-9H,10-11H2,1-2H3,(H2,20,21,22). The van der Waals surface area contributed by atoms with Gasteiger partial charge in [0.15, 0.2) is 5.96 Å². The summed E-state index contributed by atoms with van der Waals surface area (Å²) in [5.41, 5.74) is 1.64. The first kappa shape index (κ1) is 17.3. The van der Waals surface area contributed by atoms with E-state index in [4.69, 9.17) is 4.74 Å². The number of ether oxygens (including phenoxy) is 1. The van der Waals surface area contributed by atoms with Gasteiger partial charge in [-0.15, -0.1) is 0 Å². The smallest absolute Gasteiger partial charge is 0.191 e. The highest BCUT2D eigenvalue weighted by Crippen LogP contribution is 2.15. The molecule has 0 atom stereocenters. The molecule has 0 spiro atoms. The van der Waals surface area contributed by atoms with E-state index in [2.05, 4.69) is 31.6 Å². The lowest BCUT2D eigenvalue weighted by Gasteiger charge is -2.13. The van der Waals surface area contributed by atoms with Gasteiger partial charge in [0.05, 0.1) is 7.11 Å². The molecular formula is C17H19BrFN3O. The van der Waals surface area contributed by atoms with Crippen LogP contribution >= 0.6 is 15.9 Å². The molecule has 0 aliphatic rings. The molecule has 0 aliphatic carbocycles. The molecule has 6 heteroatoms. The van der Waals surface area contributed by atoms with Crippen molar-refractivity contribution in [1.82, 2.24) is 10.6 Å². The lowest BCUT2D eigenvalue weighted by molar-refractivity contribution is 0.414. The molecule has 0 aliphatic heterocycles. The minimum absolute atomic E-state index is 0.246. The number of hydrogen-bond donors (Lipinski definition) is 2. The quantitative estimate of drug-likeness (QED) is 0.617. The first-order chi connectivity index (χ1) is 11.1. The van der Waals surface area contributed by atoms with Crippen LogP contribution in [0.2, 0.25) is 0 Å². The number of hydrogen-bond acceptors (Lipinski definition) is 2. The van der Waals surface area contributed by atoms with Crippen molar-refractivity contribution in [1.29, 1.82) is 0 Å². The van der Waals surface area contributed by atoms with E-state index in [1.54, 1.807) is 26.3 Å². The maximum atomic E-state index is 13.7. The van der Waals surface area contributed by atoms with E-state index in [1.807, 2.05) is 24.3 Å². The summed E-state index contributed by atoms with van der Waals surface area (Å²) in [4.78, 5) is 4.14. The number of nitrogens with zero attached hydrogens (tertiary/aromatic N) is 1. The van der Waals surface area contributed by atoms with E-state index < -0.39 is 0 Å². The molecule has 0 heterocycles. The van der Waals surface area contributed by atoms with Crippen molar-refractivity contribution in [3.8, 4) is 5.75 Å². The minimum atomic E-state index is -0.246. The van der Waals surface area contributed by atoms with Crippen molar-refractivity contribution in [2.75, 3.05) is 14.2 Å². The van der Waals surface area contributed by atoms with Gasteiger partial charge in [0.2, 0.25) is 0 Å². The summed E-state index contributed by atoms with van der Waals surface area (Å²) in [5.74, 6) is 1.17. The summed E-state index contributed by atoms with van der Waals surface area (Å²) >= 11 is 3.34. The summed E-state index contributed by atoms with van der Waals surface area (Å²) in [7, 11) is 3.32. The fourth-order valence-corrected chi connectivity index (χ4v) is 2.46. The zero-order valence-corrected chi connectivity index (χ0v) is 14.7. The topological polar surface area (TPSA) is 45.7 Å². The third-order valence-corrected chi connectivity index (χ3v) is 3.77. The van der Waals surface area contributed by atoms with E-state index in [1.165, 1.54) is 6.07 Å². The molecule has 0 saturated heterocycles. The molecular weight excluding hydrogens is 361 g/mol. The number of guanidine groups is 1. The van der Waals surface area contributed by atoms with Crippen molar-refractivity contribution in [2.24, 2.45) is 4.99 Å². The van der Waals surface area contributed by atoms with Crippen LogP contribution in [0.4, 0.5) is 4.39 Å². The third-order valence-electron chi connectivity index (χ3n) is 3.27. The zero-order chi connectivity index (χ0) is 16.7. The molecule has 122 valence electrons. The van der Waals surface area contributed by atoms with Gasteiger partial charge in [-0.25, -0.2) is 4.39 Å². The second-order valence-electron chi connectivity index (χ2n) is 4.87. The minimum Gasteiger partial charge on any atom is -0.497 e. The molecule has 0 bridgehead atoms. The van der Waals surface area contributed by atoms with Gasteiger partial charge in [0.25, 0.3) is 0 Å². The Bertz CT molecular complexity index is 691. The monoisotopic (exact) mass is 379 g/mol. The Morgan fingerprint density at radius 2 is 1.96 bits per heavy atom. The van der Waals surface area contributed by atoms with E-state index in [0.29, 0.717) is 24.6 Å². The molecule has 0 saturated carbocycles. The molecule has 2 aromatic rings. The van der Waals surface area contributed by atoms with Gasteiger partial charge in [0, 0.05) is 30.2 Å². The number of halogens is 2. The number of methoxy groups -OCH3 is 1. The Balaban J connectivity index is 1.91. The van der Waals surface area contributed by atoms with Crippen LogP contribution in [0.3, 0.4) is 0 Å². The Labute approximate surface area is 143 Å². The molecule has 0 aromatic heterocycles. The van der Waals surface area contributed by atoms with Crippen LogP contribution in [-0.2, 0) is 13.1 Å². The van der Waals surface area contributed by atoms with Crippen molar-refractivity contribution in [3.63, 3.8) is 0 Å². The van der Waals surface area contributed by atoms with Crippen LogP contribution in [0.25, 0.3) is 0 Å². The Hall–Kier alpha value is -2.08. The highest BCUT2D eigenvalue weighted by atomic mass is 79.9. The van der Waals surface area contributed by atoms with Crippen LogP contribution < -0.4 is 15.4 Å². The molecule has 0 fully saturated rings. The van der Waals surface area contributed by atoms with Gasteiger partial charge < -0.3 is 15.4 Å². The summed E-state index contributed by atoms with van der Waals surface area (Å²) in [6, 6.07) is 12.6. The van der Waals surface area contributed by atoms with Crippen molar-refractivity contribution in [2.45, 2.75) is 13.1 Å². The van der Waals surface area contributed by atoms with Gasteiger partial charge >= 0.3 is 0 Å². The fraction of sp³-hybridized carbons (Fsp3) is 0.235. The normalized spacial score (nSPS) is 11.2. The van der Waals surface area contributed by atoms with Gasteiger partial charge in [-0.3, -0.25) is 4.99 Å². The number of benzene rings is 2. The van der Waals surface area contributed by atoms with Gasteiger partial charge in [0.1, 0.15) is 11.6 Å². The highest BCUT2D eigenvalue weighted by Gasteiger charge is 2.05. The first-order valence-electron chi connectivity index (χ1n) is 7.13. The fourth-order valence-electron chi connectivity index (χ4n) is 2.05. The van der Waals surface area contributed by atoms with Crippen molar-refractivity contribution in [3.05, 3.63) is 63.9 Å². The van der Waals surface area contributed by atoms with Gasteiger partial charge in [-0.05, 0) is 35.9 Å². The summed E-state index contributed by atoms with van der Waals surface area (Å²) in [6.45, 7) is 0.945. The van der Waals surface area contributed by atoms with Gasteiger partial charge in [-0.1, -0.05) is 28.1 Å². The molecule has 23 heavy (non-hydrogen) atoms. The highest BCUT2D eigenvalue weighted by molar-refractivity contribution is 9.10. The summed E-state index contributed by atoms with van der Waals surface area (Å²) < 4.78 is 19.8. The van der Waals surface area contributed by atoms with Crippen LogP contribution in [0.1, 0.15) is 11.1 Å². The average molecular weight is 380 g/mol. The summed E-state index contributed by atoms with van der Waals surface area (Å²) in [6.07, 6.45) is 0. The Kier molecular flexibility index (Phi) is 6.40. The predicted octanol–water partition coefficient (Wildman–Crippen LogP) is 3.46. The largest absolute Gasteiger partial charge is 0.497 e. The van der Waals surface area contributed by atoms with Gasteiger partial charge in [-0.2, -0.15) is 0 Å². The van der Waals surface area contributed by atoms with E-state index >= 15 is 0 Å². The lowest BCUT2D eigenvalue weighted by Crippen LogP contribution is -2.36. The maximum Gasteiger partial charge on any atom is 0.191 e. The number of nitrogens with one attached hydrogen (secondary N) is 2. The van der Waals surface area contributed by atoms with E-state index in [-0.39, 0.29) is 5.82 Å². The van der Waals surface area contributed by atoms with E-state index in [0.717, 1.165) is 15.8 Å².